The minimum absolute atomic E-state index is 0.0655. The summed E-state index contributed by atoms with van der Waals surface area (Å²) in [6.07, 6.45) is 2.93. The highest BCUT2D eigenvalue weighted by Gasteiger charge is 2.37. The Bertz CT molecular complexity index is 554. The Kier molecular flexibility index (Phi) is 19.2. The third kappa shape index (κ3) is 18.6. The molecule has 0 aromatic heterocycles. The van der Waals surface area contributed by atoms with Gasteiger partial charge in [0.05, 0.1) is 59.1 Å². The fourth-order valence-corrected chi connectivity index (χ4v) is 2.37. The number of carbonyl (C=O) groups is 2. The first-order chi connectivity index (χ1) is 16.7. The van der Waals surface area contributed by atoms with Gasteiger partial charge in [-0.2, -0.15) is 0 Å². The highest BCUT2D eigenvalue weighted by molar-refractivity contribution is 5.78. The largest absolute Gasteiger partial charge is 0.497 e. The van der Waals surface area contributed by atoms with E-state index in [1.807, 2.05) is 14.1 Å². The van der Waals surface area contributed by atoms with Crippen LogP contribution in [0.25, 0.3) is 0 Å². The van der Waals surface area contributed by atoms with Crippen molar-refractivity contribution < 1.29 is 42.7 Å². The summed E-state index contributed by atoms with van der Waals surface area (Å²) in [4.78, 5) is 23.2. The van der Waals surface area contributed by atoms with Crippen LogP contribution in [0.2, 0.25) is 0 Å². The second-order valence-electron chi connectivity index (χ2n) is 6.98. The quantitative estimate of drug-likeness (QED) is 0.0670. The predicted octanol–water partition coefficient (Wildman–Crippen LogP) is -2.05. The smallest absolute Gasteiger partial charge is 0.250 e. The van der Waals surface area contributed by atoms with E-state index in [1.165, 1.54) is 12.5 Å². The third-order valence-electron chi connectivity index (χ3n) is 4.18. The zero-order valence-corrected chi connectivity index (χ0v) is 20.2. The lowest BCUT2D eigenvalue weighted by Gasteiger charge is -2.07. The predicted molar refractivity (Wildman–Crippen MR) is 122 cm³/mol. The molecule has 1 rings (SSSR count). The molecule has 0 bridgehead atoms. The van der Waals surface area contributed by atoms with Gasteiger partial charge in [-0.25, -0.2) is 0 Å². The fourth-order valence-electron chi connectivity index (χ4n) is 2.37. The van der Waals surface area contributed by atoms with Gasteiger partial charge in [0.1, 0.15) is 32.2 Å². The molecule has 0 saturated carbocycles. The first kappa shape index (κ1) is 30.2. The molecule has 1 aliphatic heterocycles. The summed E-state index contributed by atoms with van der Waals surface area (Å²) in [7, 11) is 3.69. The van der Waals surface area contributed by atoms with Gasteiger partial charge in [-0.1, -0.05) is 0 Å². The van der Waals surface area contributed by atoms with Gasteiger partial charge in [0.15, 0.2) is 0 Å². The van der Waals surface area contributed by atoms with Crippen LogP contribution in [0.15, 0.2) is 12.5 Å². The maximum Gasteiger partial charge on any atom is 0.250 e. The van der Waals surface area contributed by atoms with Gasteiger partial charge in [0.25, 0.3) is 0 Å². The molecule has 1 saturated heterocycles. The summed E-state index contributed by atoms with van der Waals surface area (Å²) in [5.41, 5.74) is 0. The number of rotatable bonds is 24. The maximum atomic E-state index is 11.6. The van der Waals surface area contributed by atoms with Gasteiger partial charge in [0.2, 0.25) is 11.8 Å². The van der Waals surface area contributed by atoms with Gasteiger partial charge in [0, 0.05) is 19.3 Å². The van der Waals surface area contributed by atoms with Crippen LogP contribution in [0, 0.1) is 0 Å². The Labute approximate surface area is 201 Å². The molecule has 0 radical (unpaired) electrons. The minimum atomic E-state index is -0.296. The molecular formula is C21H40N4O9. The van der Waals surface area contributed by atoms with Gasteiger partial charge in [-0.05, 0) is 14.1 Å². The summed E-state index contributed by atoms with van der Waals surface area (Å²) < 4.78 is 36.9. The first-order valence-electron chi connectivity index (χ1n) is 11.4. The number of amides is 2. The van der Waals surface area contributed by atoms with Crippen molar-refractivity contribution in [2.75, 3.05) is 99.9 Å². The van der Waals surface area contributed by atoms with Crippen molar-refractivity contribution >= 4 is 11.8 Å². The molecule has 0 aromatic rings. The Balaban J connectivity index is 1.78. The van der Waals surface area contributed by atoms with E-state index in [0.717, 1.165) is 6.54 Å². The van der Waals surface area contributed by atoms with E-state index >= 15 is 0 Å². The van der Waals surface area contributed by atoms with E-state index in [4.69, 9.17) is 33.2 Å². The lowest BCUT2D eigenvalue weighted by atomic mass is 10.4. The molecule has 2 atom stereocenters. The number of hydrogen-bond donors (Lipinski definition) is 4. The topological polar surface area (TPSA) is 150 Å². The number of ether oxygens (including phenoxy) is 7. The number of hydrogen-bond acceptors (Lipinski definition) is 11. The van der Waals surface area contributed by atoms with Crippen LogP contribution in [-0.2, 0) is 42.7 Å². The van der Waals surface area contributed by atoms with Gasteiger partial charge < -0.3 is 49.1 Å². The van der Waals surface area contributed by atoms with E-state index in [1.54, 1.807) is 0 Å². The Morgan fingerprint density at radius 2 is 1.44 bits per heavy atom. The third-order valence-corrected chi connectivity index (χ3v) is 4.18. The van der Waals surface area contributed by atoms with Gasteiger partial charge in [-0.15, -0.1) is 0 Å². The van der Waals surface area contributed by atoms with Crippen molar-refractivity contribution in [3.8, 4) is 0 Å². The normalized spacial score (nSPS) is 17.1. The summed E-state index contributed by atoms with van der Waals surface area (Å²) >= 11 is 0. The summed E-state index contributed by atoms with van der Waals surface area (Å²) in [6, 6.07) is 0. The number of epoxide rings is 1. The Hall–Kier alpha value is -1.84. The number of likely N-dealkylation sites (N-methyl/N-ethyl adjacent to an activating group) is 2. The molecular weight excluding hydrogens is 452 g/mol. The second kappa shape index (κ2) is 21.7. The zero-order valence-electron chi connectivity index (χ0n) is 20.2. The lowest BCUT2D eigenvalue weighted by molar-refractivity contribution is -0.126. The monoisotopic (exact) mass is 492 g/mol. The second-order valence-corrected chi connectivity index (χ2v) is 6.98. The molecule has 2 unspecified atom stereocenters. The van der Waals surface area contributed by atoms with Gasteiger partial charge in [-0.3, -0.25) is 14.9 Å². The maximum absolute atomic E-state index is 11.6. The molecule has 1 fully saturated rings. The highest BCUT2D eigenvalue weighted by Crippen LogP contribution is 2.18. The van der Waals surface area contributed by atoms with Crippen LogP contribution in [-0.4, -0.2) is 124 Å². The molecule has 0 aromatic carbocycles. The van der Waals surface area contributed by atoms with Crippen molar-refractivity contribution in [2.24, 2.45) is 0 Å². The van der Waals surface area contributed by atoms with Crippen LogP contribution in [0.4, 0.5) is 0 Å². The van der Waals surface area contributed by atoms with Crippen LogP contribution in [0.5, 0.6) is 0 Å². The molecule has 198 valence electrons. The number of nitrogens with one attached hydrogen (secondary N) is 4. The van der Waals surface area contributed by atoms with Crippen molar-refractivity contribution in [1.82, 2.24) is 21.3 Å². The van der Waals surface area contributed by atoms with Crippen molar-refractivity contribution in [3.63, 3.8) is 0 Å². The summed E-state index contributed by atoms with van der Waals surface area (Å²) in [5, 5.41) is 11.2. The minimum Gasteiger partial charge on any atom is -0.497 e. The first-order valence-corrected chi connectivity index (χ1v) is 11.4. The van der Waals surface area contributed by atoms with E-state index in [9.17, 15) is 9.59 Å². The van der Waals surface area contributed by atoms with Crippen LogP contribution in [0.3, 0.4) is 0 Å². The van der Waals surface area contributed by atoms with E-state index in [2.05, 4.69) is 21.3 Å². The molecule has 0 spiro atoms. The molecule has 1 aliphatic rings. The van der Waals surface area contributed by atoms with E-state index < -0.39 is 0 Å². The SMILES string of the molecule is CNCCOCCOCC(=O)N/C=C/OCCOCC(=O)NCCOCCOCC1OC1NC. The number of carbonyl (C=O) groups excluding carboxylic acids is 2. The molecule has 2 amide bonds. The van der Waals surface area contributed by atoms with Crippen molar-refractivity contribution in [3.05, 3.63) is 12.5 Å². The fraction of sp³-hybridized carbons (Fsp3) is 0.810. The van der Waals surface area contributed by atoms with Crippen LogP contribution >= 0.6 is 0 Å². The van der Waals surface area contributed by atoms with Crippen LogP contribution < -0.4 is 21.3 Å². The molecule has 1 heterocycles. The average molecular weight is 493 g/mol. The lowest BCUT2D eigenvalue weighted by Crippen LogP contribution is -2.31. The Morgan fingerprint density at radius 3 is 2.15 bits per heavy atom. The van der Waals surface area contributed by atoms with E-state index in [-0.39, 0.29) is 50.6 Å². The van der Waals surface area contributed by atoms with Crippen molar-refractivity contribution in [2.45, 2.75) is 12.3 Å². The summed E-state index contributed by atoms with van der Waals surface area (Å²) in [5.74, 6) is -0.533. The standard InChI is InChI=1S/C21H40N4O9/c1-22-3-6-28-10-13-32-16-19(26)25-5-8-30-11-14-33-17-20(27)24-4-7-29-9-12-31-15-18-21(23-2)34-18/h5,8,18,21-23H,3-4,6-7,9-17H2,1-2H3,(H,24,27)(H,25,26)/b8-5+. The average Bonchev–Trinajstić information content (AvgIpc) is 3.60. The van der Waals surface area contributed by atoms with Gasteiger partial charge >= 0.3 is 0 Å². The highest BCUT2D eigenvalue weighted by atomic mass is 16.6. The zero-order chi connectivity index (χ0) is 24.7. The van der Waals surface area contributed by atoms with E-state index in [0.29, 0.717) is 52.8 Å². The molecule has 0 aliphatic carbocycles. The molecule has 13 nitrogen and oxygen atoms in total. The van der Waals surface area contributed by atoms with Crippen LogP contribution in [0.1, 0.15) is 0 Å². The Morgan fingerprint density at radius 1 is 0.794 bits per heavy atom. The van der Waals surface area contributed by atoms with Crippen molar-refractivity contribution in [1.29, 1.82) is 0 Å². The molecule has 13 heteroatoms. The molecule has 34 heavy (non-hydrogen) atoms. The molecule has 4 N–H and O–H groups in total. The summed E-state index contributed by atoms with van der Waals surface area (Å²) in [6.45, 7) is 4.74.